The third kappa shape index (κ3) is 7.82. The summed E-state index contributed by atoms with van der Waals surface area (Å²) in [5, 5.41) is 0. The Morgan fingerprint density at radius 1 is 1.46 bits per heavy atom. The van der Waals surface area contributed by atoms with Gasteiger partial charge in [-0.3, -0.25) is 4.18 Å². The van der Waals surface area contributed by atoms with E-state index in [1.165, 1.54) is 0 Å². The molecular weight excluding hydrogens is 188 g/mol. The van der Waals surface area contributed by atoms with Crippen molar-refractivity contribution < 1.29 is 12.6 Å². The van der Waals surface area contributed by atoms with Gasteiger partial charge in [-0.2, -0.15) is 8.42 Å². The predicted octanol–water partition coefficient (Wildman–Crippen LogP) is 1.40. The second kappa shape index (κ2) is 4.64. The number of hydrogen-bond donors (Lipinski definition) is 0. The van der Waals surface area contributed by atoms with Crippen LogP contribution in [0.1, 0.15) is 26.7 Å². The van der Waals surface area contributed by atoms with Crippen LogP contribution in [0, 0.1) is 17.8 Å². The molecule has 0 rings (SSSR count). The van der Waals surface area contributed by atoms with Crippen LogP contribution in [-0.2, 0) is 14.3 Å². The van der Waals surface area contributed by atoms with Gasteiger partial charge in [0, 0.05) is 6.42 Å². The lowest BCUT2D eigenvalue weighted by Gasteiger charge is -2.20. The van der Waals surface area contributed by atoms with Gasteiger partial charge >= 0.3 is 0 Å². The maximum atomic E-state index is 10.6. The summed E-state index contributed by atoms with van der Waals surface area (Å²) in [5.41, 5.74) is -0.0561. The van der Waals surface area contributed by atoms with E-state index in [0.717, 1.165) is 6.26 Å². The van der Waals surface area contributed by atoms with Crippen LogP contribution in [0.15, 0.2) is 0 Å². The SMILES string of the molecule is C#CCC(C)(C)CCOS(C)(=O)=O. The molecule has 0 bridgehead atoms. The van der Waals surface area contributed by atoms with Crippen molar-refractivity contribution >= 4 is 10.1 Å². The van der Waals surface area contributed by atoms with Gasteiger partial charge in [0.25, 0.3) is 10.1 Å². The van der Waals surface area contributed by atoms with Gasteiger partial charge in [0.1, 0.15) is 0 Å². The molecule has 0 aliphatic rings. The zero-order valence-electron chi connectivity index (χ0n) is 8.33. The lowest BCUT2D eigenvalue weighted by atomic mass is 9.86. The standard InChI is InChI=1S/C9H16O3S/c1-5-6-9(2,3)7-8-12-13(4,10)11/h1H,6-8H2,2-4H3. The van der Waals surface area contributed by atoms with Crippen LogP contribution < -0.4 is 0 Å². The predicted molar refractivity (Wildman–Crippen MR) is 52.6 cm³/mol. The fourth-order valence-corrected chi connectivity index (χ4v) is 1.22. The largest absolute Gasteiger partial charge is 0.270 e. The van der Waals surface area contributed by atoms with Crippen LogP contribution in [0.2, 0.25) is 0 Å². The maximum Gasteiger partial charge on any atom is 0.264 e. The minimum Gasteiger partial charge on any atom is -0.270 e. The molecule has 0 spiro atoms. The molecule has 0 fully saturated rings. The highest BCUT2D eigenvalue weighted by atomic mass is 32.2. The molecule has 0 aliphatic heterocycles. The van der Waals surface area contributed by atoms with Crippen molar-refractivity contribution in [2.45, 2.75) is 26.7 Å². The molecule has 0 N–H and O–H groups in total. The quantitative estimate of drug-likeness (QED) is 0.502. The van der Waals surface area contributed by atoms with Gasteiger partial charge in [-0.15, -0.1) is 12.3 Å². The molecule has 0 unspecified atom stereocenters. The molecule has 0 atom stereocenters. The highest BCUT2D eigenvalue weighted by molar-refractivity contribution is 7.85. The van der Waals surface area contributed by atoms with E-state index in [9.17, 15) is 8.42 Å². The van der Waals surface area contributed by atoms with Crippen LogP contribution in [0.3, 0.4) is 0 Å². The zero-order valence-corrected chi connectivity index (χ0v) is 9.15. The van der Waals surface area contributed by atoms with Crippen molar-refractivity contribution in [3.63, 3.8) is 0 Å². The van der Waals surface area contributed by atoms with Crippen LogP contribution in [-0.4, -0.2) is 21.3 Å². The fraction of sp³-hybridized carbons (Fsp3) is 0.778. The molecule has 0 radical (unpaired) electrons. The smallest absolute Gasteiger partial charge is 0.264 e. The first kappa shape index (κ1) is 12.5. The molecular formula is C9H16O3S. The highest BCUT2D eigenvalue weighted by Crippen LogP contribution is 2.24. The molecule has 0 heterocycles. The first-order valence-corrected chi connectivity index (χ1v) is 5.86. The second-order valence-corrected chi connectivity index (χ2v) is 5.47. The van der Waals surface area contributed by atoms with Crippen molar-refractivity contribution in [2.24, 2.45) is 5.41 Å². The summed E-state index contributed by atoms with van der Waals surface area (Å²) < 4.78 is 25.8. The van der Waals surface area contributed by atoms with Gasteiger partial charge in [-0.05, 0) is 11.8 Å². The molecule has 13 heavy (non-hydrogen) atoms. The summed E-state index contributed by atoms with van der Waals surface area (Å²) in [6, 6.07) is 0. The van der Waals surface area contributed by atoms with E-state index in [4.69, 9.17) is 6.42 Å². The van der Waals surface area contributed by atoms with Crippen LogP contribution >= 0.6 is 0 Å². The molecule has 0 aromatic rings. The van der Waals surface area contributed by atoms with Crippen molar-refractivity contribution in [1.29, 1.82) is 0 Å². The first-order valence-electron chi connectivity index (χ1n) is 4.05. The van der Waals surface area contributed by atoms with Crippen molar-refractivity contribution in [3.8, 4) is 12.3 Å². The van der Waals surface area contributed by atoms with E-state index in [0.29, 0.717) is 12.8 Å². The van der Waals surface area contributed by atoms with E-state index in [1.54, 1.807) is 0 Å². The lowest BCUT2D eigenvalue weighted by Crippen LogP contribution is -2.15. The Morgan fingerprint density at radius 3 is 2.38 bits per heavy atom. The fourth-order valence-electron chi connectivity index (χ4n) is 0.834. The van der Waals surface area contributed by atoms with Crippen molar-refractivity contribution in [3.05, 3.63) is 0 Å². The number of hydrogen-bond acceptors (Lipinski definition) is 3. The molecule has 0 amide bonds. The average Bonchev–Trinajstić information content (AvgIpc) is 1.82. The Morgan fingerprint density at radius 2 is 2.00 bits per heavy atom. The minimum atomic E-state index is -3.31. The Kier molecular flexibility index (Phi) is 4.45. The van der Waals surface area contributed by atoms with Gasteiger partial charge in [0.2, 0.25) is 0 Å². The van der Waals surface area contributed by atoms with Crippen LogP contribution in [0.25, 0.3) is 0 Å². The Hall–Kier alpha value is -0.530. The van der Waals surface area contributed by atoms with E-state index in [2.05, 4.69) is 10.1 Å². The summed E-state index contributed by atoms with van der Waals surface area (Å²) in [7, 11) is -3.31. The molecule has 0 aromatic heterocycles. The van der Waals surface area contributed by atoms with Gasteiger partial charge < -0.3 is 0 Å². The van der Waals surface area contributed by atoms with E-state index in [1.807, 2.05) is 13.8 Å². The van der Waals surface area contributed by atoms with E-state index >= 15 is 0 Å². The third-order valence-corrected chi connectivity index (χ3v) is 2.25. The van der Waals surface area contributed by atoms with Gasteiger partial charge in [-0.25, -0.2) is 0 Å². The van der Waals surface area contributed by atoms with Crippen molar-refractivity contribution in [2.75, 3.05) is 12.9 Å². The minimum absolute atomic E-state index is 0.0561. The monoisotopic (exact) mass is 204 g/mol. The van der Waals surface area contributed by atoms with Gasteiger partial charge in [-0.1, -0.05) is 13.8 Å². The normalized spacial score (nSPS) is 12.5. The van der Waals surface area contributed by atoms with Gasteiger partial charge in [0.15, 0.2) is 0 Å². The lowest BCUT2D eigenvalue weighted by molar-refractivity contribution is 0.237. The average molecular weight is 204 g/mol. The summed E-state index contributed by atoms with van der Waals surface area (Å²) in [6.45, 7) is 4.17. The number of terminal acetylenes is 1. The highest BCUT2D eigenvalue weighted by Gasteiger charge is 2.17. The summed E-state index contributed by atoms with van der Waals surface area (Å²) in [4.78, 5) is 0. The topological polar surface area (TPSA) is 43.4 Å². The Bertz CT molecular complexity index is 282. The molecule has 3 nitrogen and oxygen atoms in total. The Labute approximate surface area is 80.6 Å². The molecule has 76 valence electrons. The Balaban J connectivity index is 3.84. The van der Waals surface area contributed by atoms with Gasteiger partial charge in [0.05, 0.1) is 12.9 Å². The van der Waals surface area contributed by atoms with E-state index in [-0.39, 0.29) is 12.0 Å². The van der Waals surface area contributed by atoms with Crippen LogP contribution in [0.5, 0.6) is 0 Å². The number of rotatable bonds is 5. The molecule has 4 heteroatoms. The summed E-state index contributed by atoms with van der Waals surface area (Å²) >= 11 is 0. The summed E-state index contributed by atoms with van der Waals surface area (Å²) in [5.74, 6) is 2.55. The second-order valence-electron chi connectivity index (χ2n) is 3.82. The van der Waals surface area contributed by atoms with Crippen molar-refractivity contribution in [1.82, 2.24) is 0 Å². The first-order chi connectivity index (χ1) is 5.77. The summed E-state index contributed by atoms with van der Waals surface area (Å²) in [6.07, 6.45) is 7.47. The van der Waals surface area contributed by atoms with Crippen LogP contribution in [0.4, 0.5) is 0 Å². The van der Waals surface area contributed by atoms with E-state index < -0.39 is 10.1 Å². The maximum absolute atomic E-state index is 10.6. The molecule has 0 saturated carbocycles. The molecule has 0 saturated heterocycles. The molecule has 0 aliphatic carbocycles. The molecule has 0 aromatic carbocycles. The zero-order chi connectivity index (χ0) is 10.5. The third-order valence-electron chi connectivity index (χ3n) is 1.66.